The number of sulfonamides is 1. The highest BCUT2D eigenvalue weighted by Crippen LogP contribution is 2.32. The molecular formula is C23H22ClN3O5S. The van der Waals surface area contributed by atoms with Crippen molar-refractivity contribution >= 4 is 44.8 Å². The minimum Gasteiger partial charge on any atom is -0.495 e. The van der Waals surface area contributed by atoms with Crippen LogP contribution in [0.25, 0.3) is 0 Å². The number of carbonyl (C=O) groups is 2. The highest BCUT2D eigenvalue weighted by molar-refractivity contribution is 7.92. The number of benzene rings is 3. The summed E-state index contributed by atoms with van der Waals surface area (Å²) in [6, 6.07) is 16.9. The van der Waals surface area contributed by atoms with Gasteiger partial charge in [0.2, 0.25) is 11.8 Å². The van der Waals surface area contributed by atoms with Crippen molar-refractivity contribution in [2.24, 2.45) is 5.73 Å². The molecule has 0 heterocycles. The molecule has 0 atom stereocenters. The average Bonchev–Trinajstić information content (AvgIpc) is 2.79. The monoisotopic (exact) mass is 487 g/mol. The van der Waals surface area contributed by atoms with Crippen molar-refractivity contribution < 1.29 is 22.7 Å². The van der Waals surface area contributed by atoms with E-state index in [9.17, 15) is 18.0 Å². The number of primary amides is 1. The van der Waals surface area contributed by atoms with E-state index in [1.807, 2.05) is 0 Å². The number of nitrogens with two attached hydrogens (primary N) is 1. The number of ether oxygens (including phenoxy) is 1. The second-order valence-electron chi connectivity index (χ2n) is 7.03. The fourth-order valence-electron chi connectivity index (χ4n) is 3.20. The lowest BCUT2D eigenvalue weighted by atomic mass is 10.1. The van der Waals surface area contributed by atoms with Crippen molar-refractivity contribution in [2.45, 2.75) is 11.8 Å². The van der Waals surface area contributed by atoms with Gasteiger partial charge in [-0.05, 0) is 55.0 Å². The Bertz CT molecular complexity index is 1300. The molecule has 3 N–H and O–H groups in total. The summed E-state index contributed by atoms with van der Waals surface area (Å²) in [5.74, 6) is -0.892. The first-order valence-electron chi connectivity index (χ1n) is 9.75. The van der Waals surface area contributed by atoms with Gasteiger partial charge in [-0.15, -0.1) is 0 Å². The van der Waals surface area contributed by atoms with Gasteiger partial charge in [0.05, 0.1) is 22.7 Å². The number of hydrogen-bond acceptors (Lipinski definition) is 5. The molecule has 3 aromatic rings. The molecule has 10 heteroatoms. The smallest absolute Gasteiger partial charge is 0.264 e. The molecule has 0 unspecified atom stereocenters. The van der Waals surface area contributed by atoms with E-state index in [0.29, 0.717) is 17.0 Å². The molecule has 33 heavy (non-hydrogen) atoms. The summed E-state index contributed by atoms with van der Waals surface area (Å²) in [5, 5.41) is 2.84. The van der Waals surface area contributed by atoms with E-state index in [4.69, 9.17) is 22.1 Å². The molecule has 0 bridgehead atoms. The van der Waals surface area contributed by atoms with E-state index in [2.05, 4.69) is 5.32 Å². The maximum Gasteiger partial charge on any atom is 0.264 e. The van der Waals surface area contributed by atoms with Crippen molar-refractivity contribution in [3.8, 4) is 5.75 Å². The first-order valence-corrected chi connectivity index (χ1v) is 11.6. The van der Waals surface area contributed by atoms with Crippen molar-refractivity contribution in [2.75, 3.05) is 23.3 Å². The van der Waals surface area contributed by atoms with Crippen molar-refractivity contribution in [1.29, 1.82) is 0 Å². The predicted molar refractivity (Wildman–Crippen MR) is 127 cm³/mol. The summed E-state index contributed by atoms with van der Waals surface area (Å²) in [6.07, 6.45) is 0. The molecule has 0 spiro atoms. The molecule has 172 valence electrons. The molecule has 0 aliphatic heterocycles. The third kappa shape index (κ3) is 5.27. The van der Waals surface area contributed by atoms with Crippen LogP contribution in [0.3, 0.4) is 0 Å². The minimum absolute atomic E-state index is 0.0108. The van der Waals surface area contributed by atoms with Gasteiger partial charge in [0.1, 0.15) is 12.3 Å². The second kappa shape index (κ2) is 9.93. The summed E-state index contributed by atoms with van der Waals surface area (Å²) in [7, 11) is -2.67. The van der Waals surface area contributed by atoms with Crippen molar-refractivity contribution in [3.05, 3.63) is 82.9 Å². The molecule has 3 rings (SSSR count). The first-order chi connectivity index (χ1) is 15.6. The summed E-state index contributed by atoms with van der Waals surface area (Å²) >= 11 is 6.21. The van der Waals surface area contributed by atoms with Gasteiger partial charge in [-0.1, -0.05) is 35.9 Å². The van der Waals surface area contributed by atoms with E-state index in [1.54, 1.807) is 43.3 Å². The number of rotatable bonds is 8. The largest absolute Gasteiger partial charge is 0.495 e. The molecule has 0 saturated carbocycles. The molecule has 0 aliphatic carbocycles. The van der Waals surface area contributed by atoms with Crippen LogP contribution < -0.4 is 20.1 Å². The van der Waals surface area contributed by atoms with Crippen LogP contribution in [0.5, 0.6) is 5.75 Å². The maximum absolute atomic E-state index is 13.4. The third-order valence-corrected chi connectivity index (χ3v) is 7.00. The van der Waals surface area contributed by atoms with Gasteiger partial charge in [0.15, 0.2) is 0 Å². The quantitative estimate of drug-likeness (QED) is 0.503. The van der Waals surface area contributed by atoms with Gasteiger partial charge in [-0.2, -0.15) is 0 Å². The molecule has 2 amide bonds. The van der Waals surface area contributed by atoms with Gasteiger partial charge in [-0.25, -0.2) is 8.42 Å². The Kier molecular flexibility index (Phi) is 7.25. The molecular weight excluding hydrogens is 466 g/mol. The number of carbonyl (C=O) groups excluding carboxylic acids is 2. The standard InChI is InChI=1S/C23H22ClN3O5S/c1-15-18(23(25)29)9-6-10-20(15)26-22(28)14-27(16-11-12-21(32-2)19(24)13-16)33(30,31)17-7-4-3-5-8-17/h3-13H,14H2,1-2H3,(H2,25,29)(H,26,28). The fourth-order valence-corrected chi connectivity index (χ4v) is 4.89. The fraction of sp³-hybridized carbons (Fsp3) is 0.130. The van der Waals surface area contributed by atoms with Crippen LogP contribution >= 0.6 is 11.6 Å². The third-order valence-electron chi connectivity index (χ3n) is 4.92. The van der Waals surface area contributed by atoms with Crippen LogP contribution in [0.4, 0.5) is 11.4 Å². The molecule has 0 radical (unpaired) electrons. The van der Waals surface area contributed by atoms with Gasteiger partial charge < -0.3 is 15.8 Å². The van der Waals surface area contributed by atoms with E-state index >= 15 is 0 Å². The Hall–Kier alpha value is -3.56. The molecule has 0 fully saturated rings. The normalized spacial score (nSPS) is 11.0. The van der Waals surface area contributed by atoms with Gasteiger partial charge >= 0.3 is 0 Å². The van der Waals surface area contributed by atoms with Crippen LogP contribution in [0.15, 0.2) is 71.6 Å². The Labute approximate surface area is 197 Å². The Morgan fingerprint density at radius 2 is 1.76 bits per heavy atom. The number of nitrogens with zero attached hydrogens (tertiary/aromatic N) is 1. The van der Waals surface area contributed by atoms with Crippen molar-refractivity contribution in [3.63, 3.8) is 0 Å². The Morgan fingerprint density at radius 3 is 2.36 bits per heavy atom. The van der Waals surface area contributed by atoms with Crippen LogP contribution in [0.1, 0.15) is 15.9 Å². The molecule has 3 aromatic carbocycles. The maximum atomic E-state index is 13.4. The lowest BCUT2D eigenvalue weighted by Gasteiger charge is -2.25. The van der Waals surface area contributed by atoms with Crippen LogP contribution in [-0.4, -0.2) is 33.9 Å². The summed E-state index contributed by atoms with van der Waals surface area (Å²) in [5.41, 5.74) is 6.63. The molecule has 0 aliphatic rings. The van der Waals surface area contributed by atoms with Crippen molar-refractivity contribution in [1.82, 2.24) is 0 Å². The Morgan fingerprint density at radius 1 is 1.06 bits per heavy atom. The number of methoxy groups -OCH3 is 1. The van der Waals surface area contributed by atoms with Gasteiger partial charge in [-0.3, -0.25) is 13.9 Å². The van der Waals surface area contributed by atoms with E-state index in [0.717, 1.165) is 4.31 Å². The Balaban J connectivity index is 1.99. The molecule has 0 saturated heterocycles. The number of amides is 2. The highest BCUT2D eigenvalue weighted by Gasteiger charge is 2.28. The van der Waals surface area contributed by atoms with E-state index in [1.165, 1.54) is 37.4 Å². The second-order valence-corrected chi connectivity index (χ2v) is 9.30. The molecule has 8 nitrogen and oxygen atoms in total. The molecule has 0 aromatic heterocycles. The highest BCUT2D eigenvalue weighted by atomic mass is 35.5. The van der Waals surface area contributed by atoms with E-state index in [-0.39, 0.29) is 21.2 Å². The number of halogens is 1. The number of nitrogens with one attached hydrogen (secondary N) is 1. The summed E-state index contributed by atoms with van der Waals surface area (Å²) in [6.45, 7) is 1.09. The SMILES string of the molecule is COc1ccc(N(CC(=O)Nc2cccc(C(N)=O)c2C)S(=O)(=O)c2ccccc2)cc1Cl. The lowest BCUT2D eigenvalue weighted by molar-refractivity contribution is -0.114. The van der Waals surface area contributed by atoms with Crippen LogP contribution in [-0.2, 0) is 14.8 Å². The predicted octanol–water partition coefficient (Wildman–Crippen LogP) is 3.59. The summed E-state index contributed by atoms with van der Waals surface area (Å²) in [4.78, 5) is 24.5. The van der Waals surface area contributed by atoms with Crippen LogP contribution in [0, 0.1) is 6.92 Å². The van der Waals surface area contributed by atoms with Gasteiger partial charge in [0, 0.05) is 11.3 Å². The number of hydrogen-bond donors (Lipinski definition) is 2. The van der Waals surface area contributed by atoms with Crippen LogP contribution in [0.2, 0.25) is 5.02 Å². The zero-order valence-corrected chi connectivity index (χ0v) is 19.5. The zero-order valence-electron chi connectivity index (χ0n) is 17.9. The zero-order chi connectivity index (χ0) is 24.2. The average molecular weight is 488 g/mol. The van der Waals surface area contributed by atoms with Gasteiger partial charge in [0.25, 0.3) is 10.0 Å². The minimum atomic E-state index is -4.11. The lowest BCUT2D eigenvalue weighted by Crippen LogP contribution is -2.38. The first kappa shape index (κ1) is 24.1. The topological polar surface area (TPSA) is 119 Å². The summed E-state index contributed by atoms with van der Waals surface area (Å²) < 4.78 is 32.9. The number of anilines is 2. The van der Waals surface area contributed by atoms with E-state index < -0.39 is 28.4 Å².